The van der Waals surface area contributed by atoms with E-state index in [-0.39, 0.29) is 0 Å². The van der Waals surface area contributed by atoms with Crippen molar-refractivity contribution in [1.29, 1.82) is 10.5 Å². The number of fused-ring (bicyclic) bond motifs is 1. The third-order valence-electron chi connectivity index (χ3n) is 5.52. The zero-order valence-corrected chi connectivity index (χ0v) is 16.5. The summed E-state index contributed by atoms with van der Waals surface area (Å²) in [7, 11) is 1.69. The molecule has 28 heavy (non-hydrogen) atoms. The number of likely N-dealkylation sites (tertiary alicyclic amines) is 2. The highest BCUT2D eigenvalue weighted by Crippen LogP contribution is 2.30. The summed E-state index contributed by atoms with van der Waals surface area (Å²) in [5.74, 6) is 2.01. The SMILES string of the molecule is COCCOCCN1CC2CN(CCOc3ccc(C#N)cc3C#N)CC2C1. The molecule has 2 aliphatic rings. The fraction of sp³-hybridized carbons (Fsp3) is 0.619. The summed E-state index contributed by atoms with van der Waals surface area (Å²) in [5, 5.41) is 18.1. The van der Waals surface area contributed by atoms with E-state index in [0.717, 1.165) is 57.7 Å². The number of methoxy groups -OCH3 is 1. The Kier molecular flexibility index (Phi) is 7.64. The van der Waals surface area contributed by atoms with Crippen LogP contribution < -0.4 is 4.74 Å². The molecule has 1 aromatic carbocycles. The maximum absolute atomic E-state index is 9.22. The predicted molar refractivity (Wildman–Crippen MR) is 104 cm³/mol. The highest BCUT2D eigenvalue weighted by molar-refractivity contribution is 5.48. The summed E-state index contributed by atoms with van der Waals surface area (Å²) in [6.45, 7) is 8.99. The van der Waals surface area contributed by atoms with Gasteiger partial charge in [-0.25, -0.2) is 0 Å². The Balaban J connectivity index is 1.35. The standard InChI is InChI=1S/C21H28N4O3/c1-26-8-9-27-6-4-24-13-19-15-25(16-20(19)14-24)5-7-28-21-3-2-17(11-22)10-18(21)12-23/h2-3,10,19-20H,4-9,13-16H2,1H3. The molecule has 0 N–H and O–H groups in total. The number of nitriles is 2. The Morgan fingerprint density at radius 1 is 0.929 bits per heavy atom. The smallest absolute Gasteiger partial charge is 0.137 e. The van der Waals surface area contributed by atoms with E-state index in [0.29, 0.717) is 36.7 Å². The second-order valence-electron chi connectivity index (χ2n) is 7.43. The van der Waals surface area contributed by atoms with Crippen molar-refractivity contribution in [3.63, 3.8) is 0 Å². The minimum atomic E-state index is 0.417. The van der Waals surface area contributed by atoms with Gasteiger partial charge >= 0.3 is 0 Å². The lowest BCUT2D eigenvalue weighted by atomic mass is 10.0. The van der Waals surface area contributed by atoms with Gasteiger partial charge in [0.15, 0.2) is 0 Å². The molecular weight excluding hydrogens is 356 g/mol. The first-order valence-electron chi connectivity index (χ1n) is 9.82. The topological polar surface area (TPSA) is 81.8 Å². The zero-order valence-electron chi connectivity index (χ0n) is 16.5. The Morgan fingerprint density at radius 2 is 1.61 bits per heavy atom. The number of hydrogen-bond donors (Lipinski definition) is 0. The fourth-order valence-corrected chi connectivity index (χ4v) is 4.09. The predicted octanol–water partition coefficient (Wildman–Crippen LogP) is 1.34. The monoisotopic (exact) mass is 384 g/mol. The molecule has 2 atom stereocenters. The number of benzene rings is 1. The van der Waals surface area contributed by atoms with Gasteiger partial charge in [0.2, 0.25) is 0 Å². The molecule has 0 bridgehead atoms. The van der Waals surface area contributed by atoms with Gasteiger partial charge in [-0.05, 0) is 30.0 Å². The van der Waals surface area contributed by atoms with Gasteiger partial charge in [-0.2, -0.15) is 10.5 Å². The molecule has 2 fully saturated rings. The van der Waals surface area contributed by atoms with Gasteiger partial charge in [-0.1, -0.05) is 0 Å². The van der Waals surface area contributed by atoms with Gasteiger partial charge < -0.3 is 19.1 Å². The van der Waals surface area contributed by atoms with Gasteiger partial charge in [0.1, 0.15) is 18.4 Å². The number of nitrogens with zero attached hydrogens (tertiary/aromatic N) is 4. The highest BCUT2D eigenvalue weighted by Gasteiger charge is 2.39. The Morgan fingerprint density at radius 3 is 2.21 bits per heavy atom. The van der Waals surface area contributed by atoms with E-state index in [4.69, 9.17) is 19.5 Å². The third-order valence-corrected chi connectivity index (χ3v) is 5.52. The summed E-state index contributed by atoms with van der Waals surface area (Å²) >= 11 is 0. The Bertz CT molecular complexity index is 713. The van der Waals surface area contributed by atoms with Gasteiger partial charge in [-0.15, -0.1) is 0 Å². The molecule has 7 nitrogen and oxygen atoms in total. The highest BCUT2D eigenvalue weighted by atomic mass is 16.5. The summed E-state index contributed by atoms with van der Waals surface area (Å²) in [4.78, 5) is 4.96. The van der Waals surface area contributed by atoms with Crippen LogP contribution in [0.1, 0.15) is 11.1 Å². The molecule has 2 aliphatic heterocycles. The summed E-state index contributed by atoms with van der Waals surface area (Å²) in [5.41, 5.74) is 0.894. The van der Waals surface area contributed by atoms with E-state index in [1.54, 1.807) is 25.3 Å². The minimum Gasteiger partial charge on any atom is -0.491 e. The molecule has 1 aromatic rings. The van der Waals surface area contributed by atoms with Crippen molar-refractivity contribution in [2.75, 3.05) is 72.8 Å². The molecule has 3 rings (SSSR count). The van der Waals surface area contributed by atoms with Crippen molar-refractivity contribution >= 4 is 0 Å². The zero-order chi connectivity index (χ0) is 19.8. The van der Waals surface area contributed by atoms with E-state index in [1.807, 2.05) is 6.07 Å². The van der Waals surface area contributed by atoms with Crippen LogP contribution >= 0.6 is 0 Å². The van der Waals surface area contributed by atoms with E-state index >= 15 is 0 Å². The van der Waals surface area contributed by atoms with Crippen LogP contribution in [0.4, 0.5) is 0 Å². The lowest BCUT2D eigenvalue weighted by Crippen LogP contribution is -2.33. The molecule has 2 heterocycles. The van der Waals surface area contributed by atoms with Crippen LogP contribution in [-0.4, -0.2) is 82.6 Å². The molecule has 0 radical (unpaired) electrons. The number of hydrogen-bond acceptors (Lipinski definition) is 7. The lowest BCUT2D eigenvalue weighted by Gasteiger charge is -2.21. The molecule has 0 amide bonds. The van der Waals surface area contributed by atoms with E-state index < -0.39 is 0 Å². The normalized spacial score (nSPS) is 22.0. The van der Waals surface area contributed by atoms with Crippen LogP contribution in [0.15, 0.2) is 18.2 Å². The maximum Gasteiger partial charge on any atom is 0.137 e. The fourth-order valence-electron chi connectivity index (χ4n) is 4.09. The van der Waals surface area contributed by atoms with Gasteiger partial charge in [0.25, 0.3) is 0 Å². The lowest BCUT2D eigenvalue weighted by molar-refractivity contribution is 0.0588. The first-order valence-corrected chi connectivity index (χ1v) is 9.82. The van der Waals surface area contributed by atoms with E-state index in [1.165, 1.54) is 0 Å². The van der Waals surface area contributed by atoms with Gasteiger partial charge in [-0.3, -0.25) is 4.90 Å². The van der Waals surface area contributed by atoms with Crippen LogP contribution in [0.2, 0.25) is 0 Å². The van der Waals surface area contributed by atoms with Crippen LogP contribution in [-0.2, 0) is 9.47 Å². The molecular formula is C21H28N4O3. The molecule has 2 unspecified atom stereocenters. The maximum atomic E-state index is 9.22. The Labute approximate surface area is 167 Å². The van der Waals surface area contributed by atoms with Crippen LogP contribution in [0.5, 0.6) is 5.75 Å². The largest absolute Gasteiger partial charge is 0.491 e. The first-order chi connectivity index (χ1) is 13.7. The molecule has 0 spiro atoms. The molecule has 150 valence electrons. The first kappa shape index (κ1) is 20.6. The van der Waals surface area contributed by atoms with Crippen LogP contribution in [0.3, 0.4) is 0 Å². The number of rotatable bonds is 10. The van der Waals surface area contributed by atoms with Crippen molar-refractivity contribution < 1.29 is 14.2 Å². The van der Waals surface area contributed by atoms with Crippen molar-refractivity contribution in [2.45, 2.75) is 0 Å². The molecule has 0 aromatic heterocycles. The summed E-state index contributed by atoms with van der Waals surface area (Å²) in [6, 6.07) is 9.11. The third kappa shape index (κ3) is 5.43. The van der Waals surface area contributed by atoms with E-state index in [2.05, 4.69) is 15.9 Å². The van der Waals surface area contributed by atoms with Crippen molar-refractivity contribution in [2.24, 2.45) is 11.8 Å². The average Bonchev–Trinajstić information content (AvgIpc) is 3.26. The second-order valence-corrected chi connectivity index (χ2v) is 7.43. The molecule has 0 saturated carbocycles. The molecule has 7 heteroatoms. The average molecular weight is 384 g/mol. The summed E-state index contributed by atoms with van der Waals surface area (Å²) in [6.07, 6.45) is 0. The Hall–Kier alpha value is -2.16. The van der Waals surface area contributed by atoms with Crippen molar-refractivity contribution in [3.05, 3.63) is 29.3 Å². The minimum absolute atomic E-state index is 0.417. The second kappa shape index (κ2) is 10.4. The van der Waals surface area contributed by atoms with Crippen molar-refractivity contribution in [3.8, 4) is 17.9 Å². The van der Waals surface area contributed by atoms with Gasteiger partial charge in [0.05, 0.1) is 37.0 Å². The molecule has 0 aliphatic carbocycles. The summed E-state index contributed by atoms with van der Waals surface area (Å²) < 4.78 is 16.4. The van der Waals surface area contributed by atoms with Crippen LogP contribution in [0.25, 0.3) is 0 Å². The van der Waals surface area contributed by atoms with Crippen LogP contribution in [0, 0.1) is 34.5 Å². The van der Waals surface area contributed by atoms with Crippen molar-refractivity contribution in [1.82, 2.24) is 9.80 Å². The molecule has 2 saturated heterocycles. The van der Waals surface area contributed by atoms with Gasteiger partial charge in [0, 0.05) is 46.4 Å². The number of ether oxygens (including phenoxy) is 3. The quantitative estimate of drug-likeness (QED) is 0.563. The van der Waals surface area contributed by atoms with E-state index in [9.17, 15) is 5.26 Å².